The summed E-state index contributed by atoms with van der Waals surface area (Å²) in [5.74, 6) is 0. The molecule has 0 amide bonds. The Bertz CT molecular complexity index is 314. The minimum absolute atomic E-state index is 0.943. The van der Waals surface area contributed by atoms with Crippen LogP contribution < -0.4 is 5.32 Å². The van der Waals surface area contributed by atoms with Crippen molar-refractivity contribution in [1.82, 2.24) is 25.2 Å². The maximum atomic E-state index is 4.23. The van der Waals surface area contributed by atoms with Crippen LogP contribution in [0.2, 0.25) is 0 Å². The molecule has 0 aliphatic carbocycles. The largest absolute Gasteiger partial charge is 0.314 e. The van der Waals surface area contributed by atoms with Crippen LogP contribution in [0.5, 0.6) is 0 Å². The van der Waals surface area contributed by atoms with Crippen molar-refractivity contribution in [1.29, 1.82) is 0 Å². The monoisotopic (exact) mass is 209 g/mol. The van der Waals surface area contributed by atoms with E-state index in [9.17, 15) is 0 Å². The molecule has 1 aliphatic rings. The van der Waals surface area contributed by atoms with E-state index in [4.69, 9.17) is 0 Å². The lowest BCUT2D eigenvalue weighted by Gasteiger charge is -2.26. The van der Waals surface area contributed by atoms with Crippen LogP contribution >= 0.6 is 0 Å². The molecule has 0 radical (unpaired) electrons. The second-order valence-electron chi connectivity index (χ2n) is 3.99. The van der Waals surface area contributed by atoms with Gasteiger partial charge in [-0.15, -0.1) is 5.10 Å². The SMILES string of the molecule is CCc1c(CN2CCNCC2)nnn1C. The Kier molecular flexibility index (Phi) is 3.33. The number of nitrogens with one attached hydrogen (secondary N) is 1. The molecule has 1 aromatic rings. The number of piperazine rings is 1. The van der Waals surface area contributed by atoms with E-state index in [-0.39, 0.29) is 0 Å². The third kappa shape index (κ3) is 2.35. The number of nitrogens with zero attached hydrogens (tertiary/aromatic N) is 4. The predicted octanol–water partition coefficient (Wildman–Crippen LogP) is -0.217. The fourth-order valence-electron chi connectivity index (χ4n) is 2.06. The van der Waals surface area contributed by atoms with Crippen LogP contribution in [0.1, 0.15) is 18.3 Å². The Balaban J connectivity index is 2.02. The second-order valence-corrected chi connectivity index (χ2v) is 3.99. The van der Waals surface area contributed by atoms with Gasteiger partial charge in [-0.25, -0.2) is 0 Å². The van der Waals surface area contributed by atoms with Crippen LogP contribution in [0.25, 0.3) is 0 Å². The van der Waals surface area contributed by atoms with Gasteiger partial charge in [0, 0.05) is 39.8 Å². The van der Waals surface area contributed by atoms with Gasteiger partial charge in [-0.3, -0.25) is 9.58 Å². The van der Waals surface area contributed by atoms with Gasteiger partial charge in [0.25, 0.3) is 0 Å². The molecule has 0 spiro atoms. The molecule has 5 heteroatoms. The molecule has 1 aliphatic heterocycles. The van der Waals surface area contributed by atoms with Gasteiger partial charge in [0.2, 0.25) is 0 Å². The minimum Gasteiger partial charge on any atom is -0.314 e. The maximum absolute atomic E-state index is 4.23. The average Bonchev–Trinajstić information content (AvgIpc) is 2.61. The fourth-order valence-corrected chi connectivity index (χ4v) is 2.06. The molecule has 15 heavy (non-hydrogen) atoms. The highest BCUT2D eigenvalue weighted by Gasteiger charge is 2.15. The van der Waals surface area contributed by atoms with E-state index in [1.54, 1.807) is 0 Å². The van der Waals surface area contributed by atoms with E-state index in [1.807, 2.05) is 11.7 Å². The van der Waals surface area contributed by atoms with Gasteiger partial charge >= 0.3 is 0 Å². The third-order valence-corrected chi connectivity index (χ3v) is 2.94. The maximum Gasteiger partial charge on any atom is 0.0998 e. The number of hydrogen-bond acceptors (Lipinski definition) is 4. The summed E-state index contributed by atoms with van der Waals surface area (Å²) in [6, 6.07) is 0. The highest BCUT2D eigenvalue weighted by Crippen LogP contribution is 2.08. The van der Waals surface area contributed by atoms with Gasteiger partial charge in [-0.05, 0) is 6.42 Å². The predicted molar refractivity (Wildman–Crippen MR) is 58.5 cm³/mol. The lowest BCUT2D eigenvalue weighted by molar-refractivity contribution is 0.230. The summed E-state index contributed by atoms with van der Waals surface area (Å²) in [6.45, 7) is 7.49. The number of aryl methyl sites for hydroxylation is 1. The van der Waals surface area contributed by atoms with E-state index < -0.39 is 0 Å². The normalized spacial score (nSPS) is 18.3. The summed E-state index contributed by atoms with van der Waals surface area (Å²) < 4.78 is 1.89. The Morgan fingerprint density at radius 3 is 2.73 bits per heavy atom. The summed E-state index contributed by atoms with van der Waals surface area (Å²) in [4.78, 5) is 2.43. The molecule has 84 valence electrons. The van der Waals surface area contributed by atoms with Crippen molar-refractivity contribution in [2.75, 3.05) is 26.2 Å². The van der Waals surface area contributed by atoms with Crippen LogP contribution in [-0.2, 0) is 20.0 Å². The zero-order valence-electron chi connectivity index (χ0n) is 9.53. The van der Waals surface area contributed by atoms with Crippen LogP contribution in [-0.4, -0.2) is 46.1 Å². The van der Waals surface area contributed by atoms with E-state index in [1.165, 1.54) is 5.69 Å². The van der Waals surface area contributed by atoms with Crippen molar-refractivity contribution in [3.8, 4) is 0 Å². The summed E-state index contributed by atoms with van der Waals surface area (Å²) in [6.07, 6.45) is 1.00. The lowest BCUT2D eigenvalue weighted by Crippen LogP contribution is -2.43. The first-order chi connectivity index (χ1) is 7.31. The van der Waals surface area contributed by atoms with Crippen molar-refractivity contribution < 1.29 is 0 Å². The van der Waals surface area contributed by atoms with Crippen molar-refractivity contribution in [3.05, 3.63) is 11.4 Å². The van der Waals surface area contributed by atoms with Gasteiger partial charge < -0.3 is 5.32 Å². The first-order valence-electron chi connectivity index (χ1n) is 5.61. The molecule has 1 N–H and O–H groups in total. The topological polar surface area (TPSA) is 46.0 Å². The quantitative estimate of drug-likeness (QED) is 0.748. The average molecular weight is 209 g/mol. The van der Waals surface area contributed by atoms with E-state index >= 15 is 0 Å². The molecule has 0 unspecified atom stereocenters. The summed E-state index contributed by atoms with van der Waals surface area (Å²) in [5.41, 5.74) is 2.40. The molecule has 2 heterocycles. The zero-order valence-corrected chi connectivity index (χ0v) is 9.53. The molecular weight excluding hydrogens is 190 g/mol. The lowest BCUT2D eigenvalue weighted by atomic mass is 10.2. The molecule has 0 aromatic carbocycles. The van der Waals surface area contributed by atoms with Gasteiger partial charge in [-0.2, -0.15) is 0 Å². The van der Waals surface area contributed by atoms with E-state index in [0.717, 1.165) is 44.8 Å². The van der Waals surface area contributed by atoms with Crippen LogP contribution in [0.4, 0.5) is 0 Å². The minimum atomic E-state index is 0.943. The second kappa shape index (κ2) is 4.72. The molecule has 0 atom stereocenters. The van der Waals surface area contributed by atoms with Gasteiger partial charge in [-0.1, -0.05) is 12.1 Å². The zero-order chi connectivity index (χ0) is 10.7. The molecule has 2 rings (SSSR count). The first-order valence-corrected chi connectivity index (χ1v) is 5.61. The van der Waals surface area contributed by atoms with Crippen molar-refractivity contribution >= 4 is 0 Å². The summed E-state index contributed by atoms with van der Waals surface area (Å²) in [5, 5.41) is 11.7. The Labute approximate surface area is 90.5 Å². The highest BCUT2D eigenvalue weighted by molar-refractivity contribution is 5.09. The Morgan fingerprint density at radius 2 is 2.07 bits per heavy atom. The highest BCUT2D eigenvalue weighted by atomic mass is 15.4. The van der Waals surface area contributed by atoms with Crippen molar-refractivity contribution in [2.45, 2.75) is 19.9 Å². The molecule has 5 nitrogen and oxygen atoms in total. The molecule has 0 saturated carbocycles. The van der Waals surface area contributed by atoms with E-state index in [0.29, 0.717) is 0 Å². The summed E-state index contributed by atoms with van der Waals surface area (Å²) >= 11 is 0. The number of aromatic nitrogens is 3. The summed E-state index contributed by atoms with van der Waals surface area (Å²) in [7, 11) is 1.97. The van der Waals surface area contributed by atoms with Crippen LogP contribution in [0.15, 0.2) is 0 Å². The fraction of sp³-hybridized carbons (Fsp3) is 0.800. The molecule has 1 aromatic heterocycles. The van der Waals surface area contributed by atoms with Gasteiger partial charge in [0.05, 0.1) is 11.4 Å². The molecule has 1 fully saturated rings. The van der Waals surface area contributed by atoms with Crippen LogP contribution in [0, 0.1) is 0 Å². The van der Waals surface area contributed by atoms with Crippen LogP contribution in [0.3, 0.4) is 0 Å². The van der Waals surface area contributed by atoms with E-state index in [2.05, 4.69) is 27.5 Å². The smallest absolute Gasteiger partial charge is 0.0998 e. The van der Waals surface area contributed by atoms with Gasteiger partial charge in [0.1, 0.15) is 0 Å². The number of rotatable bonds is 3. The van der Waals surface area contributed by atoms with Crippen molar-refractivity contribution in [3.63, 3.8) is 0 Å². The first kappa shape index (κ1) is 10.6. The Morgan fingerprint density at radius 1 is 1.33 bits per heavy atom. The Hall–Kier alpha value is -0.940. The molecule has 1 saturated heterocycles. The standard InChI is InChI=1S/C10H19N5/c1-3-10-9(12-13-14(10)2)8-15-6-4-11-5-7-15/h11H,3-8H2,1-2H3. The third-order valence-electron chi connectivity index (χ3n) is 2.94. The van der Waals surface area contributed by atoms with Crippen molar-refractivity contribution in [2.24, 2.45) is 7.05 Å². The molecular formula is C10H19N5. The molecule has 0 bridgehead atoms. The number of hydrogen-bond donors (Lipinski definition) is 1. The van der Waals surface area contributed by atoms with Gasteiger partial charge in [0.15, 0.2) is 0 Å².